The van der Waals surface area contributed by atoms with E-state index in [1.807, 2.05) is 24.3 Å². The first-order chi connectivity index (χ1) is 19.6. The number of rotatable bonds is 5. The molecule has 2 aliphatic heterocycles. The summed E-state index contributed by atoms with van der Waals surface area (Å²) < 4.78 is 14.3. The quantitative estimate of drug-likeness (QED) is 0.368. The van der Waals surface area contributed by atoms with Crippen LogP contribution < -0.4 is 10.2 Å². The second kappa shape index (κ2) is 11.3. The minimum absolute atomic E-state index is 0.308. The van der Waals surface area contributed by atoms with E-state index in [9.17, 15) is 9.18 Å². The van der Waals surface area contributed by atoms with Gasteiger partial charge in [0.05, 0.1) is 0 Å². The van der Waals surface area contributed by atoms with Gasteiger partial charge in [-0.05, 0) is 72.7 Å². The van der Waals surface area contributed by atoms with Crippen LogP contribution in [-0.2, 0) is 6.54 Å². The number of hydrogen-bond donors (Lipinski definition) is 1. The lowest BCUT2D eigenvalue weighted by molar-refractivity contribution is 0.181. The summed E-state index contributed by atoms with van der Waals surface area (Å²) in [5, 5.41) is 3.68. The van der Waals surface area contributed by atoms with Crippen molar-refractivity contribution in [3.63, 3.8) is 0 Å². The number of piperidine rings is 1. The molecule has 204 valence electrons. The summed E-state index contributed by atoms with van der Waals surface area (Å²) in [6.45, 7) is 2.41. The van der Waals surface area contributed by atoms with Crippen LogP contribution in [0.25, 0.3) is 11.1 Å². The van der Waals surface area contributed by atoms with Crippen LogP contribution in [0.5, 0.6) is 0 Å². The fourth-order valence-corrected chi connectivity index (χ4v) is 6.62. The normalized spacial score (nSPS) is 19.4. The highest BCUT2D eigenvalue weighted by Crippen LogP contribution is 2.39. The number of likely N-dealkylation sites (tertiary alicyclic amines) is 1. The van der Waals surface area contributed by atoms with Crippen molar-refractivity contribution in [1.29, 1.82) is 0 Å². The van der Waals surface area contributed by atoms with E-state index < -0.39 is 5.54 Å². The molecule has 2 amide bonds. The van der Waals surface area contributed by atoms with Crippen LogP contribution in [0.1, 0.15) is 56.1 Å². The van der Waals surface area contributed by atoms with E-state index in [0.717, 1.165) is 67.8 Å². The van der Waals surface area contributed by atoms with Gasteiger partial charge in [0.25, 0.3) is 0 Å². The van der Waals surface area contributed by atoms with Crippen molar-refractivity contribution in [2.75, 3.05) is 18.0 Å². The Labute approximate surface area is 236 Å². The van der Waals surface area contributed by atoms with Gasteiger partial charge in [0, 0.05) is 36.9 Å². The number of terminal acetylenes is 1. The Morgan fingerprint density at radius 3 is 2.52 bits per heavy atom. The SMILES string of the molecule is C#Cc1ccccc1-c1cccc(CN2CCC3(CC2)C(NC2CCCCC2)=NC(=O)N3c2cccc(F)c2)c1. The van der Waals surface area contributed by atoms with Gasteiger partial charge >= 0.3 is 6.03 Å². The number of nitrogens with one attached hydrogen (secondary N) is 1. The highest BCUT2D eigenvalue weighted by molar-refractivity contribution is 6.16. The van der Waals surface area contributed by atoms with Crippen molar-refractivity contribution in [2.24, 2.45) is 4.99 Å². The lowest BCUT2D eigenvalue weighted by Crippen LogP contribution is -2.62. The fourth-order valence-electron chi connectivity index (χ4n) is 6.62. The van der Waals surface area contributed by atoms with E-state index in [2.05, 4.69) is 51.5 Å². The molecule has 0 aromatic heterocycles. The maximum absolute atomic E-state index is 14.3. The second-order valence-electron chi connectivity index (χ2n) is 11.2. The standard InChI is InChI=1S/C34H35FN4O/c1-2-26-11-6-7-17-31(26)27-12-8-10-25(22-27)24-38-20-18-34(19-21-38)32(36-29-14-4-3-5-15-29)37-33(40)39(34)30-16-9-13-28(35)23-30/h1,6-13,16-17,22-23,29H,3-5,14-15,18-21,24H2,(H,36,37,40). The van der Waals surface area contributed by atoms with E-state index in [4.69, 9.17) is 6.42 Å². The zero-order valence-corrected chi connectivity index (χ0v) is 22.8. The van der Waals surface area contributed by atoms with Crippen molar-refractivity contribution in [1.82, 2.24) is 10.2 Å². The van der Waals surface area contributed by atoms with Crippen molar-refractivity contribution < 1.29 is 9.18 Å². The first kappa shape index (κ1) is 26.3. The Morgan fingerprint density at radius 1 is 0.975 bits per heavy atom. The average Bonchev–Trinajstić information content (AvgIpc) is 3.24. The van der Waals surface area contributed by atoms with Gasteiger partial charge in [-0.15, -0.1) is 6.42 Å². The Kier molecular flexibility index (Phi) is 7.40. The highest BCUT2D eigenvalue weighted by atomic mass is 19.1. The molecule has 1 saturated heterocycles. The summed E-state index contributed by atoms with van der Waals surface area (Å²) in [6.07, 6.45) is 13.0. The topological polar surface area (TPSA) is 47.9 Å². The molecule has 0 atom stereocenters. The fraction of sp³-hybridized carbons (Fsp3) is 0.353. The largest absolute Gasteiger partial charge is 0.369 e. The minimum Gasteiger partial charge on any atom is -0.369 e. The van der Waals surface area contributed by atoms with E-state index in [1.165, 1.54) is 37.0 Å². The Balaban J connectivity index is 1.23. The number of amidine groups is 1. The van der Waals surface area contributed by atoms with Gasteiger partial charge < -0.3 is 5.32 Å². The zero-order chi connectivity index (χ0) is 27.5. The first-order valence-corrected chi connectivity index (χ1v) is 14.4. The molecule has 3 aromatic carbocycles. The molecule has 1 aliphatic carbocycles. The predicted molar refractivity (Wildman–Crippen MR) is 159 cm³/mol. The van der Waals surface area contributed by atoms with Gasteiger partial charge in [0.1, 0.15) is 17.2 Å². The molecule has 6 heteroatoms. The van der Waals surface area contributed by atoms with Crippen molar-refractivity contribution in [2.45, 2.75) is 63.1 Å². The number of carbonyl (C=O) groups excluding carboxylic acids is 1. The molecule has 40 heavy (non-hydrogen) atoms. The van der Waals surface area contributed by atoms with Crippen LogP contribution in [0.15, 0.2) is 77.8 Å². The number of amides is 2. The molecule has 1 saturated carbocycles. The lowest BCUT2D eigenvalue weighted by Gasteiger charge is -2.45. The molecule has 0 bridgehead atoms. The molecule has 3 aliphatic rings. The smallest absolute Gasteiger partial charge is 0.350 e. The molecule has 3 aromatic rings. The van der Waals surface area contributed by atoms with Gasteiger partial charge in [-0.3, -0.25) is 9.80 Å². The molecule has 0 radical (unpaired) electrons. The third kappa shape index (κ3) is 5.14. The molecular formula is C34H35FN4O. The number of anilines is 1. The Hall–Kier alpha value is -3.95. The molecule has 5 nitrogen and oxygen atoms in total. The van der Waals surface area contributed by atoms with E-state index in [-0.39, 0.29) is 11.8 Å². The van der Waals surface area contributed by atoms with Crippen LogP contribution >= 0.6 is 0 Å². The van der Waals surface area contributed by atoms with Crippen LogP contribution in [0.4, 0.5) is 14.9 Å². The average molecular weight is 535 g/mol. The molecule has 1 spiro atoms. The lowest BCUT2D eigenvalue weighted by atomic mass is 9.83. The summed E-state index contributed by atoms with van der Waals surface area (Å²) in [5.41, 5.74) is 4.27. The molecule has 2 fully saturated rings. The maximum Gasteiger partial charge on any atom is 0.350 e. The highest BCUT2D eigenvalue weighted by Gasteiger charge is 2.52. The van der Waals surface area contributed by atoms with Gasteiger partial charge in [-0.1, -0.05) is 67.6 Å². The Bertz CT molecular complexity index is 1460. The minimum atomic E-state index is -0.591. The Morgan fingerprint density at radius 2 is 1.75 bits per heavy atom. The third-order valence-electron chi connectivity index (χ3n) is 8.69. The van der Waals surface area contributed by atoms with E-state index >= 15 is 0 Å². The third-order valence-corrected chi connectivity index (χ3v) is 8.69. The van der Waals surface area contributed by atoms with Gasteiger partial charge in [-0.25, -0.2) is 9.18 Å². The van der Waals surface area contributed by atoms with Crippen molar-refractivity contribution >= 4 is 17.6 Å². The molecule has 1 N–H and O–H groups in total. The van der Waals surface area contributed by atoms with Gasteiger partial charge in [0.2, 0.25) is 0 Å². The number of aliphatic imine (C=N–C) groups is 1. The van der Waals surface area contributed by atoms with E-state index in [0.29, 0.717) is 11.7 Å². The monoisotopic (exact) mass is 534 g/mol. The number of halogens is 1. The first-order valence-electron chi connectivity index (χ1n) is 14.4. The summed E-state index contributed by atoms with van der Waals surface area (Å²) in [4.78, 5) is 22.1. The number of carbonyl (C=O) groups is 1. The second-order valence-corrected chi connectivity index (χ2v) is 11.2. The summed E-state index contributed by atoms with van der Waals surface area (Å²) in [5.74, 6) is 3.21. The van der Waals surface area contributed by atoms with E-state index in [1.54, 1.807) is 11.0 Å². The molecule has 2 heterocycles. The van der Waals surface area contributed by atoms with Gasteiger partial charge in [0.15, 0.2) is 0 Å². The number of nitrogens with zero attached hydrogens (tertiary/aromatic N) is 3. The van der Waals surface area contributed by atoms with Crippen LogP contribution in [0.3, 0.4) is 0 Å². The zero-order valence-electron chi connectivity index (χ0n) is 22.8. The van der Waals surface area contributed by atoms with Crippen LogP contribution in [-0.4, -0.2) is 41.4 Å². The summed E-state index contributed by atoms with van der Waals surface area (Å²) in [6, 6.07) is 22.9. The number of hydrogen-bond acceptors (Lipinski definition) is 3. The molecular weight excluding hydrogens is 499 g/mol. The molecule has 0 unspecified atom stereocenters. The van der Waals surface area contributed by atoms with Crippen molar-refractivity contribution in [3.8, 4) is 23.5 Å². The molecule has 6 rings (SSSR count). The maximum atomic E-state index is 14.3. The van der Waals surface area contributed by atoms with Gasteiger partial charge in [-0.2, -0.15) is 4.99 Å². The number of benzene rings is 3. The van der Waals surface area contributed by atoms with Crippen molar-refractivity contribution in [3.05, 3.63) is 89.7 Å². The van der Waals surface area contributed by atoms with Crippen LogP contribution in [0.2, 0.25) is 0 Å². The summed E-state index contributed by atoms with van der Waals surface area (Å²) >= 11 is 0. The summed E-state index contributed by atoms with van der Waals surface area (Å²) in [7, 11) is 0. The van der Waals surface area contributed by atoms with Crippen LogP contribution in [0, 0.1) is 18.2 Å². The predicted octanol–water partition coefficient (Wildman–Crippen LogP) is 6.77. The number of urea groups is 1.